The molecule has 0 amide bonds. The lowest BCUT2D eigenvalue weighted by Crippen LogP contribution is -2.19. The van der Waals surface area contributed by atoms with Crippen molar-refractivity contribution in [1.29, 1.82) is 0 Å². The molecule has 18 heavy (non-hydrogen) atoms. The summed E-state index contributed by atoms with van der Waals surface area (Å²) in [6, 6.07) is 2.01. The Morgan fingerprint density at radius 3 is 3.06 bits per heavy atom. The number of carbonyl (C=O) groups excluding carboxylic acids is 1. The van der Waals surface area contributed by atoms with Crippen molar-refractivity contribution in [1.82, 2.24) is 9.88 Å². The molecule has 1 saturated heterocycles. The molecular formula is C13H19ClN2O2. The predicted octanol–water partition coefficient (Wildman–Crippen LogP) is 2.20. The molecule has 0 unspecified atom stereocenters. The van der Waals surface area contributed by atoms with Gasteiger partial charge in [-0.1, -0.05) is 0 Å². The third kappa shape index (κ3) is 4.11. The third-order valence-electron chi connectivity index (χ3n) is 2.88. The van der Waals surface area contributed by atoms with Gasteiger partial charge in [-0.3, -0.25) is 4.79 Å². The Morgan fingerprint density at radius 1 is 1.56 bits per heavy atom. The van der Waals surface area contributed by atoms with Crippen LogP contribution in [-0.4, -0.2) is 24.2 Å². The van der Waals surface area contributed by atoms with Gasteiger partial charge in [0.15, 0.2) is 0 Å². The number of methoxy groups -OCH3 is 1. The van der Waals surface area contributed by atoms with E-state index in [1.165, 1.54) is 25.6 Å². The van der Waals surface area contributed by atoms with Crippen LogP contribution in [0.3, 0.4) is 0 Å². The molecule has 1 N–H and O–H groups in total. The van der Waals surface area contributed by atoms with Crippen LogP contribution < -0.4 is 5.32 Å². The van der Waals surface area contributed by atoms with Gasteiger partial charge in [0.2, 0.25) is 0 Å². The zero-order valence-electron chi connectivity index (χ0n) is 10.5. The molecular weight excluding hydrogens is 252 g/mol. The number of aromatic nitrogens is 1. The molecule has 0 aliphatic carbocycles. The van der Waals surface area contributed by atoms with Crippen LogP contribution in [0.5, 0.6) is 0 Å². The Morgan fingerprint density at radius 2 is 2.39 bits per heavy atom. The number of rotatable bonds is 3. The number of carbonyl (C=O) groups is 1. The molecule has 1 aliphatic rings. The number of esters is 1. The Bertz CT molecular complexity index is 418. The molecule has 0 bridgehead atoms. The quantitative estimate of drug-likeness (QED) is 0.857. The van der Waals surface area contributed by atoms with E-state index in [0.29, 0.717) is 0 Å². The second kappa shape index (κ2) is 7.11. The lowest BCUT2D eigenvalue weighted by atomic mass is 10.1. The smallest absolute Gasteiger partial charge is 0.325 e. The molecule has 1 fully saturated rings. The normalized spacial score (nSPS) is 16.8. The second-order valence-electron chi connectivity index (χ2n) is 4.25. The molecule has 1 aromatic heterocycles. The lowest BCUT2D eigenvalue weighted by molar-refractivity contribution is -0.141. The minimum absolute atomic E-state index is 0. The fraction of sp³-hybridized carbons (Fsp3) is 0.462. The number of allylic oxidation sites excluding steroid dienone is 1. The van der Waals surface area contributed by atoms with E-state index in [-0.39, 0.29) is 24.9 Å². The van der Waals surface area contributed by atoms with Crippen molar-refractivity contribution in [3.8, 4) is 0 Å². The van der Waals surface area contributed by atoms with Gasteiger partial charge in [0.1, 0.15) is 6.54 Å². The molecule has 2 heterocycles. The van der Waals surface area contributed by atoms with E-state index in [1.807, 2.05) is 23.0 Å². The third-order valence-corrected chi connectivity index (χ3v) is 2.88. The largest absolute Gasteiger partial charge is 0.468 e. The number of piperidine rings is 1. The molecule has 0 spiro atoms. The molecule has 0 aromatic carbocycles. The van der Waals surface area contributed by atoms with Gasteiger partial charge in [0.05, 0.1) is 7.11 Å². The number of nitrogens with zero attached hydrogens (tertiary/aromatic N) is 1. The van der Waals surface area contributed by atoms with Crippen LogP contribution in [0.1, 0.15) is 24.8 Å². The van der Waals surface area contributed by atoms with Crippen LogP contribution in [0.2, 0.25) is 0 Å². The highest BCUT2D eigenvalue weighted by Crippen LogP contribution is 2.14. The van der Waals surface area contributed by atoms with Gasteiger partial charge in [-0.25, -0.2) is 0 Å². The van der Waals surface area contributed by atoms with Crippen molar-refractivity contribution in [3.05, 3.63) is 29.7 Å². The van der Waals surface area contributed by atoms with Crippen molar-refractivity contribution in [2.75, 3.05) is 13.7 Å². The van der Waals surface area contributed by atoms with Crippen LogP contribution >= 0.6 is 12.4 Å². The molecule has 0 atom stereocenters. The van der Waals surface area contributed by atoms with Gasteiger partial charge in [0, 0.05) is 24.6 Å². The first kappa shape index (κ1) is 14.6. The Labute approximate surface area is 113 Å². The van der Waals surface area contributed by atoms with E-state index in [4.69, 9.17) is 0 Å². The lowest BCUT2D eigenvalue weighted by Gasteiger charge is -2.16. The standard InChI is InChI=1S/C13H18N2O2.ClH/c1-17-13(16)10-15-7-5-11(9-15)8-12-4-2-3-6-14-12;/h5,7-9,14H,2-4,6,10H2,1H3;1H. The zero-order chi connectivity index (χ0) is 12.1. The maximum absolute atomic E-state index is 11.1. The summed E-state index contributed by atoms with van der Waals surface area (Å²) >= 11 is 0. The average Bonchev–Trinajstić information content (AvgIpc) is 2.77. The van der Waals surface area contributed by atoms with Crippen LogP contribution in [0.25, 0.3) is 6.08 Å². The number of ether oxygens (including phenoxy) is 1. The summed E-state index contributed by atoms with van der Waals surface area (Å²) in [4.78, 5) is 11.1. The second-order valence-corrected chi connectivity index (χ2v) is 4.25. The van der Waals surface area contributed by atoms with Crippen molar-refractivity contribution in [2.45, 2.75) is 25.8 Å². The first-order valence-corrected chi connectivity index (χ1v) is 5.95. The minimum Gasteiger partial charge on any atom is -0.468 e. The Kier molecular flexibility index (Phi) is 5.78. The molecule has 1 aromatic rings. The predicted molar refractivity (Wildman–Crippen MR) is 73.5 cm³/mol. The fourth-order valence-corrected chi connectivity index (χ4v) is 1.96. The van der Waals surface area contributed by atoms with Crippen LogP contribution in [0.4, 0.5) is 0 Å². The topological polar surface area (TPSA) is 43.3 Å². The number of halogens is 1. The minimum atomic E-state index is -0.226. The maximum atomic E-state index is 11.1. The highest BCUT2D eigenvalue weighted by atomic mass is 35.5. The van der Waals surface area contributed by atoms with Gasteiger partial charge in [-0.2, -0.15) is 0 Å². The van der Waals surface area contributed by atoms with Crippen molar-refractivity contribution < 1.29 is 9.53 Å². The van der Waals surface area contributed by atoms with Crippen molar-refractivity contribution in [2.24, 2.45) is 0 Å². The van der Waals surface area contributed by atoms with Crippen molar-refractivity contribution >= 4 is 24.5 Å². The van der Waals surface area contributed by atoms with E-state index in [9.17, 15) is 4.79 Å². The molecule has 1 aliphatic heterocycles. The average molecular weight is 271 g/mol. The number of hydrogen-bond acceptors (Lipinski definition) is 3. The molecule has 0 saturated carbocycles. The summed E-state index contributed by atoms with van der Waals surface area (Å²) in [5.41, 5.74) is 2.41. The molecule has 4 nitrogen and oxygen atoms in total. The molecule has 5 heteroatoms. The number of hydrogen-bond donors (Lipinski definition) is 1. The summed E-state index contributed by atoms with van der Waals surface area (Å²) < 4.78 is 6.46. The SMILES string of the molecule is COC(=O)Cn1ccc(C=C2CCCCN2)c1.Cl. The highest BCUT2D eigenvalue weighted by Gasteiger charge is 2.05. The number of nitrogens with one attached hydrogen (secondary N) is 1. The summed E-state index contributed by atoms with van der Waals surface area (Å²) in [7, 11) is 1.40. The van der Waals surface area contributed by atoms with Gasteiger partial charge >= 0.3 is 5.97 Å². The monoisotopic (exact) mass is 270 g/mol. The summed E-state index contributed by atoms with van der Waals surface area (Å²) in [6.07, 6.45) is 9.61. The Balaban J connectivity index is 0.00000162. The van der Waals surface area contributed by atoms with E-state index in [1.54, 1.807) is 0 Å². The summed E-state index contributed by atoms with van der Waals surface area (Å²) in [5.74, 6) is -0.226. The van der Waals surface area contributed by atoms with E-state index in [0.717, 1.165) is 18.5 Å². The first-order chi connectivity index (χ1) is 8.28. The first-order valence-electron chi connectivity index (χ1n) is 5.95. The van der Waals surface area contributed by atoms with Gasteiger partial charge in [-0.05, 0) is 37.0 Å². The van der Waals surface area contributed by atoms with E-state index >= 15 is 0 Å². The van der Waals surface area contributed by atoms with Crippen LogP contribution in [0.15, 0.2) is 24.2 Å². The molecule has 100 valence electrons. The van der Waals surface area contributed by atoms with Crippen LogP contribution in [-0.2, 0) is 16.1 Å². The Hall–Kier alpha value is -1.42. The fourth-order valence-electron chi connectivity index (χ4n) is 1.96. The zero-order valence-corrected chi connectivity index (χ0v) is 11.3. The van der Waals surface area contributed by atoms with E-state index in [2.05, 4.69) is 16.1 Å². The van der Waals surface area contributed by atoms with Gasteiger partial charge < -0.3 is 14.6 Å². The highest BCUT2D eigenvalue weighted by molar-refractivity contribution is 5.85. The van der Waals surface area contributed by atoms with Crippen LogP contribution in [0, 0.1) is 0 Å². The van der Waals surface area contributed by atoms with Gasteiger partial charge in [0.25, 0.3) is 0 Å². The van der Waals surface area contributed by atoms with E-state index < -0.39 is 0 Å². The maximum Gasteiger partial charge on any atom is 0.325 e. The van der Waals surface area contributed by atoms with Gasteiger partial charge in [-0.15, -0.1) is 12.4 Å². The summed E-state index contributed by atoms with van der Waals surface area (Å²) in [5, 5.41) is 3.39. The summed E-state index contributed by atoms with van der Waals surface area (Å²) in [6.45, 7) is 1.34. The molecule has 2 rings (SSSR count). The molecule has 0 radical (unpaired) electrons. The van der Waals surface area contributed by atoms with Crippen molar-refractivity contribution in [3.63, 3.8) is 0 Å².